The summed E-state index contributed by atoms with van der Waals surface area (Å²) < 4.78 is 10.4. The fraction of sp³-hybridized carbons (Fsp3) is 0.222. The summed E-state index contributed by atoms with van der Waals surface area (Å²) >= 11 is 3.33. The van der Waals surface area contributed by atoms with E-state index in [4.69, 9.17) is 9.47 Å². The van der Waals surface area contributed by atoms with E-state index in [1.54, 1.807) is 12.1 Å². The summed E-state index contributed by atoms with van der Waals surface area (Å²) in [5.41, 5.74) is 1.38. The summed E-state index contributed by atoms with van der Waals surface area (Å²) in [7, 11) is 2.89. The Morgan fingerprint density at radius 2 is 1.67 bits per heavy atom. The lowest BCUT2D eigenvalue weighted by atomic mass is 9.82. The maximum atomic E-state index is 12.9. The first-order valence-corrected chi connectivity index (χ1v) is 8.41. The van der Waals surface area contributed by atoms with Gasteiger partial charge in [0.15, 0.2) is 5.78 Å². The van der Waals surface area contributed by atoms with Crippen LogP contribution in [0.3, 0.4) is 0 Å². The number of halogens is 1. The molecule has 2 aromatic carbocycles. The van der Waals surface area contributed by atoms with Crippen molar-refractivity contribution in [2.24, 2.45) is 0 Å². The molecular formula is C18H15BrO5. The predicted octanol–water partition coefficient (Wildman–Crippen LogP) is 3.12. The van der Waals surface area contributed by atoms with Gasteiger partial charge in [0.25, 0.3) is 0 Å². The average molecular weight is 391 g/mol. The van der Waals surface area contributed by atoms with Crippen molar-refractivity contribution in [3.05, 3.63) is 52.1 Å². The van der Waals surface area contributed by atoms with E-state index < -0.39 is 5.78 Å². The maximum Gasteiger partial charge on any atom is 0.201 e. The van der Waals surface area contributed by atoms with E-state index in [2.05, 4.69) is 15.9 Å². The van der Waals surface area contributed by atoms with Crippen molar-refractivity contribution >= 4 is 27.5 Å². The van der Waals surface area contributed by atoms with Crippen LogP contribution in [0, 0.1) is 0 Å². The summed E-state index contributed by atoms with van der Waals surface area (Å²) in [5.74, 6) is -0.274. The van der Waals surface area contributed by atoms with Crippen molar-refractivity contribution in [2.75, 3.05) is 19.5 Å². The molecule has 0 aromatic heterocycles. The van der Waals surface area contributed by atoms with Crippen LogP contribution in [-0.4, -0.2) is 36.2 Å². The molecule has 0 aliphatic heterocycles. The monoisotopic (exact) mass is 390 g/mol. The molecule has 0 bridgehead atoms. The standard InChI is InChI=1S/C18H15BrO5/c1-23-10-7-12-16(14(8-10)24-2)18(22)15-11(17(12)21)5-9(3-4-19)6-13(15)20/h5-8,20H,3-4H2,1-2H3. The Morgan fingerprint density at radius 1 is 0.958 bits per heavy atom. The van der Waals surface area contributed by atoms with Crippen LogP contribution in [0.5, 0.6) is 17.2 Å². The molecule has 0 fully saturated rings. The van der Waals surface area contributed by atoms with Crippen molar-refractivity contribution in [1.29, 1.82) is 0 Å². The van der Waals surface area contributed by atoms with Gasteiger partial charge in [-0.25, -0.2) is 0 Å². The summed E-state index contributed by atoms with van der Waals surface area (Å²) in [5, 5.41) is 11.0. The fourth-order valence-corrected chi connectivity index (χ4v) is 3.37. The van der Waals surface area contributed by atoms with Gasteiger partial charge in [-0.05, 0) is 30.2 Å². The van der Waals surface area contributed by atoms with Crippen LogP contribution >= 0.6 is 15.9 Å². The number of hydrogen-bond donors (Lipinski definition) is 1. The lowest BCUT2D eigenvalue weighted by molar-refractivity contribution is 0.0973. The molecule has 1 N–H and O–H groups in total. The van der Waals surface area contributed by atoms with Gasteiger partial charge >= 0.3 is 0 Å². The average Bonchev–Trinajstić information content (AvgIpc) is 2.58. The fourth-order valence-electron chi connectivity index (χ4n) is 2.91. The van der Waals surface area contributed by atoms with E-state index >= 15 is 0 Å². The van der Waals surface area contributed by atoms with Crippen LogP contribution in [-0.2, 0) is 6.42 Å². The number of carbonyl (C=O) groups excluding carboxylic acids is 2. The van der Waals surface area contributed by atoms with E-state index in [-0.39, 0.29) is 39.5 Å². The molecule has 24 heavy (non-hydrogen) atoms. The normalized spacial score (nSPS) is 12.6. The second-order valence-corrected chi connectivity index (χ2v) is 6.18. The Kier molecular flexibility index (Phi) is 4.32. The third kappa shape index (κ3) is 2.47. The first-order chi connectivity index (χ1) is 11.5. The van der Waals surface area contributed by atoms with Crippen LogP contribution in [0.2, 0.25) is 0 Å². The molecule has 1 aliphatic rings. The minimum Gasteiger partial charge on any atom is -0.507 e. The van der Waals surface area contributed by atoms with Gasteiger partial charge in [-0.15, -0.1) is 0 Å². The van der Waals surface area contributed by atoms with Crippen LogP contribution in [0.4, 0.5) is 0 Å². The highest BCUT2D eigenvalue weighted by atomic mass is 79.9. The number of ether oxygens (including phenoxy) is 2. The summed E-state index contributed by atoms with van der Waals surface area (Å²) in [6, 6.07) is 6.25. The molecule has 1 aliphatic carbocycles. The van der Waals surface area contributed by atoms with Gasteiger partial charge in [0.2, 0.25) is 5.78 Å². The number of phenols is 1. The molecule has 0 unspecified atom stereocenters. The lowest BCUT2D eigenvalue weighted by Crippen LogP contribution is -2.22. The zero-order valence-corrected chi connectivity index (χ0v) is 14.8. The van der Waals surface area contributed by atoms with Crippen molar-refractivity contribution in [3.63, 3.8) is 0 Å². The number of carbonyl (C=O) groups is 2. The third-order valence-corrected chi connectivity index (χ3v) is 4.43. The molecule has 0 radical (unpaired) electrons. The summed E-state index contributed by atoms with van der Waals surface area (Å²) in [4.78, 5) is 25.8. The topological polar surface area (TPSA) is 72.8 Å². The molecule has 0 amide bonds. The Labute approximate surface area is 147 Å². The maximum absolute atomic E-state index is 12.9. The van der Waals surface area contributed by atoms with Gasteiger partial charge in [-0.1, -0.05) is 15.9 Å². The van der Waals surface area contributed by atoms with Gasteiger partial charge in [0, 0.05) is 22.5 Å². The van der Waals surface area contributed by atoms with Crippen LogP contribution < -0.4 is 9.47 Å². The van der Waals surface area contributed by atoms with E-state index in [0.29, 0.717) is 17.5 Å². The molecule has 6 heteroatoms. The molecule has 2 aromatic rings. The second kappa shape index (κ2) is 6.28. The van der Waals surface area contributed by atoms with Gasteiger partial charge < -0.3 is 14.6 Å². The van der Waals surface area contributed by atoms with E-state index in [0.717, 1.165) is 5.56 Å². The molecule has 3 rings (SSSR count). The number of fused-ring (bicyclic) bond motifs is 2. The number of ketones is 2. The zero-order chi connectivity index (χ0) is 17.4. The number of hydrogen-bond acceptors (Lipinski definition) is 5. The van der Waals surface area contributed by atoms with Gasteiger partial charge in [-0.3, -0.25) is 9.59 Å². The van der Waals surface area contributed by atoms with Crippen molar-refractivity contribution in [3.8, 4) is 17.2 Å². The zero-order valence-electron chi connectivity index (χ0n) is 13.2. The predicted molar refractivity (Wildman–Crippen MR) is 92.0 cm³/mol. The largest absolute Gasteiger partial charge is 0.507 e. The quantitative estimate of drug-likeness (QED) is 0.692. The number of phenolic OH excluding ortho intramolecular Hbond substituents is 1. The Morgan fingerprint density at radius 3 is 2.29 bits per heavy atom. The molecule has 0 spiro atoms. The molecular weight excluding hydrogens is 376 g/mol. The van der Waals surface area contributed by atoms with Crippen LogP contribution in [0.1, 0.15) is 37.4 Å². The Balaban J connectivity index is 2.28. The number of methoxy groups -OCH3 is 2. The van der Waals surface area contributed by atoms with Crippen molar-refractivity contribution < 1.29 is 24.2 Å². The molecule has 0 saturated carbocycles. The van der Waals surface area contributed by atoms with Crippen molar-refractivity contribution in [1.82, 2.24) is 0 Å². The van der Waals surface area contributed by atoms with Gasteiger partial charge in [0.1, 0.15) is 17.2 Å². The number of aryl methyl sites for hydroxylation is 1. The Hall–Kier alpha value is -2.34. The van der Waals surface area contributed by atoms with E-state index in [9.17, 15) is 14.7 Å². The number of alkyl halides is 1. The number of benzene rings is 2. The number of aromatic hydroxyl groups is 1. The minimum absolute atomic E-state index is 0.0225. The van der Waals surface area contributed by atoms with E-state index in [1.807, 2.05) is 0 Å². The van der Waals surface area contributed by atoms with Crippen LogP contribution in [0.15, 0.2) is 24.3 Å². The summed E-state index contributed by atoms with van der Waals surface area (Å²) in [6.07, 6.45) is 0.636. The minimum atomic E-state index is -0.429. The lowest BCUT2D eigenvalue weighted by Gasteiger charge is -2.22. The van der Waals surface area contributed by atoms with Gasteiger partial charge in [-0.2, -0.15) is 0 Å². The summed E-state index contributed by atoms with van der Waals surface area (Å²) in [6.45, 7) is 0. The highest BCUT2D eigenvalue weighted by Gasteiger charge is 2.35. The van der Waals surface area contributed by atoms with Crippen LogP contribution in [0.25, 0.3) is 0 Å². The van der Waals surface area contributed by atoms with E-state index in [1.165, 1.54) is 26.4 Å². The molecule has 0 atom stereocenters. The smallest absolute Gasteiger partial charge is 0.201 e. The second-order valence-electron chi connectivity index (χ2n) is 5.39. The molecule has 5 nitrogen and oxygen atoms in total. The first-order valence-electron chi connectivity index (χ1n) is 7.29. The van der Waals surface area contributed by atoms with Gasteiger partial charge in [0.05, 0.1) is 25.3 Å². The third-order valence-electron chi connectivity index (χ3n) is 4.04. The SMILES string of the molecule is COc1cc(OC)c2c(c1)C(=O)c1cc(CCBr)cc(O)c1C2=O. The molecule has 0 saturated heterocycles. The van der Waals surface area contributed by atoms with Crippen molar-refractivity contribution in [2.45, 2.75) is 6.42 Å². The Bertz CT molecular complexity index is 857. The molecule has 124 valence electrons. The highest BCUT2D eigenvalue weighted by Crippen LogP contribution is 2.39. The highest BCUT2D eigenvalue weighted by molar-refractivity contribution is 9.09. The first kappa shape index (κ1) is 16.5. The number of rotatable bonds is 4. The molecule has 0 heterocycles.